The highest BCUT2D eigenvalue weighted by atomic mass is 35.5. The molecular formula is C19H15Cl3N2O. The molecule has 3 nitrogen and oxygen atoms in total. The van der Waals surface area contributed by atoms with Crippen LogP contribution >= 0.6 is 34.8 Å². The van der Waals surface area contributed by atoms with Gasteiger partial charge in [-0.1, -0.05) is 53.0 Å². The maximum atomic E-state index is 11.8. The molecule has 0 aliphatic heterocycles. The van der Waals surface area contributed by atoms with Crippen molar-refractivity contribution in [3.05, 3.63) is 80.4 Å². The van der Waals surface area contributed by atoms with Crippen LogP contribution in [0.15, 0.2) is 48.5 Å². The number of benzene rings is 2. The van der Waals surface area contributed by atoms with Crippen molar-refractivity contribution in [1.29, 1.82) is 0 Å². The van der Waals surface area contributed by atoms with E-state index in [0.29, 0.717) is 27.2 Å². The normalized spacial score (nSPS) is 10.9. The standard InChI is InChI=1S/C19H15Cl3N2O/c1-11-16(19(23)25)9-18(12-2-5-14(20)6-3-12)24(11)10-13-4-7-15(21)8-17(13)22/h2-9H,10H2,1H3,(H2,23,25). The molecule has 0 spiro atoms. The predicted molar refractivity (Wildman–Crippen MR) is 104 cm³/mol. The van der Waals surface area contributed by atoms with E-state index in [4.69, 9.17) is 40.5 Å². The van der Waals surface area contributed by atoms with Gasteiger partial charge in [-0.2, -0.15) is 0 Å². The maximum Gasteiger partial charge on any atom is 0.250 e. The highest BCUT2D eigenvalue weighted by Gasteiger charge is 2.17. The molecule has 128 valence electrons. The zero-order valence-corrected chi connectivity index (χ0v) is 15.7. The van der Waals surface area contributed by atoms with Crippen molar-refractivity contribution < 1.29 is 4.79 Å². The molecule has 0 atom stereocenters. The highest BCUT2D eigenvalue weighted by molar-refractivity contribution is 6.35. The van der Waals surface area contributed by atoms with Gasteiger partial charge in [-0.25, -0.2) is 0 Å². The van der Waals surface area contributed by atoms with Gasteiger partial charge in [0, 0.05) is 33.0 Å². The van der Waals surface area contributed by atoms with Crippen molar-refractivity contribution in [3.63, 3.8) is 0 Å². The zero-order chi connectivity index (χ0) is 18.1. The van der Waals surface area contributed by atoms with Crippen LogP contribution < -0.4 is 5.73 Å². The molecule has 0 aliphatic carbocycles. The fourth-order valence-corrected chi connectivity index (χ4v) is 3.37. The molecule has 0 saturated carbocycles. The fraction of sp³-hybridized carbons (Fsp3) is 0.105. The molecule has 1 heterocycles. The quantitative estimate of drug-likeness (QED) is 0.619. The van der Waals surface area contributed by atoms with Gasteiger partial charge in [0.25, 0.3) is 5.91 Å². The van der Waals surface area contributed by atoms with Gasteiger partial charge in [-0.15, -0.1) is 0 Å². The lowest BCUT2D eigenvalue weighted by Gasteiger charge is -2.14. The van der Waals surface area contributed by atoms with Gasteiger partial charge in [-0.05, 0) is 48.4 Å². The van der Waals surface area contributed by atoms with Crippen LogP contribution in [-0.2, 0) is 6.54 Å². The molecule has 0 aliphatic rings. The van der Waals surface area contributed by atoms with Gasteiger partial charge in [0.15, 0.2) is 0 Å². The second-order valence-corrected chi connectivity index (χ2v) is 7.00. The minimum Gasteiger partial charge on any atom is -0.366 e. The molecule has 0 unspecified atom stereocenters. The number of hydrogen-bond acceptors (Lipinski definition) is 1. The summed E-state index contributed by atoms with van der Waals surface area (Å²) in [6.45, 7) is 2.36. The Labute approximate surface area is 160 Å². The molecule has 2 N–H and O–H groups in total. The zero-order valence-electron chi connectivity index (χ0n) is 13.4. The molecule has 6 heteroatoms. The Balaban J connectivity index is 2.13. The Hall–Kier alpha value is -1.94. The number of halogens is 3. The number of rotatable bonds is 4. The molecule has 0 bridgehead atoms. The van der Waals surface area contributed by atoms with Crippen LogP contribution in [-0.4, -0.2) is 10.5 Å². The first-order valence-electron chi connectivity index (χ1n) is 7.56. The number of carbonyl (C=O) groups is 1. The van der Waals surface area contributed by atoms with E-state index in [1.807, 2.05) is 41.8 Å². The summed E-state index contributed by atoms with van der Waals surface area (Å²) in [6.07, 6.45) is 0. The Bertz CT molecular complexity index is 946. The van der Waals surface area contributed by atoms with Gasteiger partial charge in [0.2, 0.25) is 0 Å². The molecule has 3 rings (SSSR count). The van der Waals surface area contributed by atoms with Crippen LogP contribution in [0.3, 0.4) is 0 Å². The number of hydrogen-bond donors (Lipinski definition) is 1. The fourth-order valence-electron chi connectivity index (χ4n) is 2.78. The van der Waals surface area contributed by atoms with Crippen LogP contribution in [0.4, 0.5) is 0 Å². The summed E-state index contributed by atoms with van der Waals surface area (Å²) >= 11 is 18.3. The van der Waals surface area contributed by atoms with Crippen LogP contribution in [0.5, 0.6) is 0 Å². The van der Waals surface area contributed by atoms with Crippen LogP contribution in [0.2, 0.25) is 15.1 Å². The second kappa shape index (κ2) is 7.12. The van der Waals surface area contributed by atoms with E-state index in [9.17, 15) is 4.79 Å². The van der Waals surface area contributed by atoms with Gasteiger partial charge in [0.05, 0.1) is 5.56 Å². The summed E-state index contributed by atoms with van der Waals surface area (Å²) in [7, 11) is 0. The lowest BCUT2D eigenvalue weighted by atomic mass is 10.1. The van der Waals surface area contributed by atoms with E-state index in [2.05, 4.69) is 0 Å². The van der Waals surface area contributed by atoms with Gasteiger partial charge < -0.3 is 10.3 Å². The van der Waals surface area contributed by atoms with E-state index in [-0.39, 0.29) is 0 Å². The van der Waals surface area contributed by atoms with Crippen molar-refractivity contribution in [3.8, 4) is 11.3 Å². The third-order valence-corrected chi connectivity index (χ3v) is 4.95. The number of amides is 1. The van der Waals surface area contributed by atoms with Crippen molar-refractivity contribution in [2.45, 2.75) is 13.5 Å². The lowest BCUT2D eigenvalue weighted by molar-refractivity contribution is 0.0999. The number of aromatic nitrogens is 1. The number of nitrogens with two attached hydrogens (primary N) is 1. The van der Waals surface area contributed by atoms with Crippen LogP contribution in [0.25, 0.3) is 11.3 Å². The maximum absolute atomic E-state index is 11.8. The largest absolute Gasteiger partial charge is 0.366 e. The Kier molecular flexibility index (Phi) is 5.09. The molecule has 1 aromatic heterocycles. The average Bonchev–Trinajstić information content (AvgIpc) is 2.88. The Morgan fingerprint density at radius 2 is 1.64 bits per heavy atom. The molecule has 0 saturated heterocycles. The first-order valence-corrected chi connectivity index (χ1v) is 8.70. The van der Waals surface area contributed by atoms with Crippen molar-refractivity contribution >= 4 is 40.7 Å². The first kappa shape index (κ1) is 17.9. The summed E-state index contributed by atoms with van der Waals surface area (Å²) in [4.78, 5) is 11.8. The monoisotopic (exact) mass is 392 g/mol. The van der Waals surface area contributed by atoms with Crippen LogP contribution in [0.1, 0.15) is 21.6 Å². The molecular weight excluding hydrogens is 379 g/mol. The third-order valence-electron chi connectivity index (χ3n) is 4.12. The summed E-state index contributed by atoms with van der Waals surface area (Å²) in [5, 5.41) is 1.80. The lowest BCUT2D eigenvalue weighted by Crippen LogP contribution is -2.12. The van der Waals surface area contributed by atoms with E-state index >= 15 is 0 Å². The summed E-state index contributed by atoms with van der Waals surface area (Å²) < 4.78 is 2.01. The molecule has 0 fully saturated rings. The first-order chi connectivity index (χ1) is 11.9. The Morgan fingerprint density at radius 3 is 2.24 bits per heavy atom. The minimum absolute atomic E-state index is 0.464. The van der Waals surface area contributed by atoms with E-state index < -0.39 is 5.91 Å². The minimum atomic E-state index is -0.464. The second-order valence-electron chi connectivity index (χ2n) is 5.72. The molecule has 0 radical (unpaired) electrons. The highest BCUT2D eigenvalue weighted by Crippen LogP contribution is 2.30. The van der Waals surface area contributed by atoms with Gasteiger partial charge in [-0.3, -0.25) is 4.79 Å². The number of nitrogens with zero attached hydrogens (tertiary/aromatic N) is 1. The molecule has 3 aromatic rings. The summed E-state index contributed by atoms with van der Waals surface area (Å²) in [5.74, 6) is -0.464. The smallest absolute Gasteiger partial charge is 0.250 e. The third kappa shape index (κ3) is 3.69. The summed E-state index contributed by atoms with van der Waals surface area (Å²) in [5.41, 5.74) is 9.49. The van der Waals surface area contributed by atoms with Gasteiger partial charge in [0.1, 0.15) is 0 Å². The van der Waals surface area contributed by atoms with Crippen molar-refractivity contribution in [1.82, 2.24) is 4.57 Å². The van der Waals surface area contributed by atoms with Crippen LogP contribution in [0, 0.1) is 6.92 Å². The predicted octanol–water partition coefficient (Wildman–Crippen LogP) is 5.57. The molecule has 2 aromatic carbocycles. The van der Waals surface area contributed by atoms with Crippen molar-refractivity contribution in [2.24, 2.45) is 5.73 Å². The Morgan fingerprint density at radius 1 is 1.00 bits per heavy atom. The van der Waals surface area contributed by atoms with Gasteiger partial charge >= 0.3 is 0 Å². The molecule has 1 amide bonds. The van der Waals surface area contributed by atoms with E-state index in [0.717, 1.165) is 22.5 Å². The van der Waals surface area contributed by atoms with Crippen molar-refractivity contribution in [2.75, 3.05) is 0 Å². The SMILES string of the molecule is Cc1c(C(N)=O)cc(-c2ccc(Cl)cc2)n1Cc1ccc(Cl)cc1Cl. The van der Waals surface area contributed by atoms with E-state index in [1.54, 1.807) is 18.2 Å². The number of primary amides is 1. The molecule has 25 heavy (non-hydrogen) atoms. The van der Waals surface area contributed by atoms with E-state index in [1.165, 1.54) is 0 Å². The summed E-state index contributed by atoms with van der Waals surface area (Å²) in [6, 6.07) is 14.6. The topological polar surface area (TPSA) is 48.0 Å². The average molecular weight is 394 g/mol. The number of carbonyl (C=O) groups excluding carboxylic acids is 1.